The molecule has 0 unspecified atom stereocenters. The Morgan fingerprint density at radius 3 is 2.45 bits per heavy atom. The predicted octanol–water partition coefficient (Wildman–Crippen LogP) is 5.74. The lowest BCUT2D eigenvalue weighted by Gasteiger charge is -2.26. The number of nitro benzene ring substituents is 1. The van der Waals surface area contributed by atoms with Crippen LogP contribution in [0.3, 0.4) is 0 Å². The number of rotatable bonds is 5. The first-order chi connectivity index (χ1) is 16.0. The largest absolute Gasteiger partial charge is 0.459 e. The average Bonchev–Trinajstić information content (AvgIpc) is 3.45. The van der Waals surface area contributed by atoms with E-state index in [0.717, 1.165) is 22.5 Å². The molecular formula is C25H20N4O3S. The van der Waals surface area contributed by atoms with E-state index in [1.54, 1.807) is 18.3 Å². The highest BCUT2D eigenvalue weighted by molar-refractivity contribution is 7.80. The first-order valence-electron chi connectivity index (χ1n) is 10.4. The Kier molecular flexibility index (Phi) is 5.35. The molecule has 0 bridgehead atoms. The van der Waals surface area contributed by atoms with E-state index in [9.17, 15) is 10.1 Å². The van der Waals surface area contributed by atoms with Crippen molar-refractivity contribution in [3.05, 3.63) is 112 Å². The molecule has 4 aromatic rings. The van der Waals surface area contributed by atoms with Crippen molar-refractivity contribution in [1.29, 1.82) is 0 Å². The number of aryl methyl sites for hydroxylation is 1. The van der Waals surface area contributed by atoms with Crippen LogP contribution in [0.4, 0.5) is 11.4 Å². The first-order valence-corrected chi connectivity index (χ1v) is 10.8. The van der Waals surface area contributed by atoms with Crippen molar-refractivity contribution < 1.29 is 9.34 Å². The minimum atomic E-state index is -0.417. The van der Waals surface area contributed by atoms with E-state index in [2.05, 4.69) is 10.3 Å². The van der Waals surface area contributed by atoms with Gasteiger partial charge in [0.2, 0.25) is 0 Å². The van der Waals surface area contributed by atoms with Crippen molar-refractivity contribution in [2.24, 2.45) is 0 Å². The monoisotopic (exact) mass is 456 g/mol. The molecule has 1 saturated heterocycles. The lowest BCUT2D eigenvalue weighted by molar-refractivity contribution is -0.384. The van der Waals surface area contributed by atoms with Crippen LogP contribution in [-0.2, 0) is 0 Å². The number of pyridine rings is 1. The van der Waals surface area contributed by atoms with Gasteiger partial charge in [0.15, 0.2) is 5.11 Å². The third-order valence-corrected chi connectivity index (χ3v) is 6.01. The van der Waals surface area contributed by atoms with Crippen LogP contribution in [0.2, 0.25) is 0 Å². The van der Waals surface area contributed by atoms with Crippen LogP contribution >= 0.6 is 12.2 Å². The van der Waals surface area contributed by atoms with Crippen LogP contribution < -0.4 is 10.2 Å². The normalized spacial score (nSPS) is 17.7. The number of nitro groups is 1. The molecular weight excluding hydrogens is 436 g/mol. The summed E-state index contributed by atoms with van der Waals surface area (Å²) in [6.07, 6.45) is 1.76. The van der Waals surface area contributed by atoms with Gasteiger partial charge in [-0.2, -0.15) is 0 Å². The zero-order valence-corrected chi connectivity index (χ0v) is 18.5. The smallest absolute Gasteiger partial charge is 0.269 e. The quantitative estimate of drug-likeness (QED) is 0.233. The molecule has 164 valence electrons. The van der Waals surface area contributed by atoms with Crippen molar-refractivity contribution in [3.8, 4) is 11.3 Å². The van der Waals surface area contributed by atoms with Gasteiger partial charge in [-0.3, -0.25) is 15.1 Å². The van der Waals surface area contributed by atoms with E-state index in [0.29, 0.717) is 16.6 Å². The first kappa shape index (κ1) is 20.8. The Labute approximate surface area is 195 Å². The molecule has 2 aromatic carbocycles. The van der Waals surface area contributed by atoms with Crippen LogP contribution in [0.5, 0.6) is 0 Å². The van der Waals surface area contributed by atoms with Gasteiger partial charge in [0.25, 0.3) is 5.69 Å². The number of thiocarbonyl (C=S) groups is 1. The Bertz CT molecular complexity index is 1300. The topological polar surface area (TPSA) is 84.4 Å². The molecule has 8 heteroatoms. The van der Waals surface area contributed by atoms with E-state index in [-0.39, 0.29) is 17.8 Å². The summed E-state index contributed by atoms with van der Waals surface area (Å²) in [6, 6.07) is 23.6. The van der Waals surface area contributed by atoms with Crippen molar-refractivity contribution in [1.82, 2.24) is 10.3 Å². The molecule has 0 spiro atoms. The van der Waals surface area contributed by atoms with E-state index < -0.39 is 4.92 Å². The molecule has 0 saturated carbocycles. The summed E-state index contributed by atoms with van der Waals surface area (Å²) in [5.41, 5.74) is 3.77. The van der Waals surface area contributed by atoms with Gasteiger partial charge in [0.05, 0.1) is 16.7 Å². The second-order valence-corrected chi connectivity index (χ2v) is 8.22. The molecule has 2 aromatic heterocycles. The van der Waals surface area contributed by atoms with Crippen LogP contribution in [0.15, 0.2) is 89.5 Å². The number of nitrogens with zero attached hydrogens (tertiary/aromatic N) is 3. The highest BCUT2D eigenvalue weighted by Crippen LogP contribution is 2.43. The minimum Gasteiger partial charge on any atom is -0.459 e. The zero-order valence-electron chi connectivity index (χ0n) is 17.7. The maximum Gasteiger partial charge on any atom is 0.269 e. The van der Waals surface area contributed by atoms with Gasteiger partial charge < -0.3 is 14.6 Å². The third-order valence-electron chi connectivity index (χ3n) is 5.69. The SMILES string of the molecule is Cc1ccc(N2C(=S)N[C@H](c3ccccn3)[C@@H]2c2ccc(-c3ccc([N+](=O)[O-])cc3)o2)cc1. The number of benzene rings is 2. The standard InChI is InChI=1S/C25H20N4O3S/c1-16-5-9-18(10-6-16)28-24(23(27-25(28)33)20-4-2-3-15-26-20)22-14-13-21(32-22)17-7-11-19(12-8-17)29(30)31/h2-15,23-24H,1H3,(H,27,33)/t23-,24+/m1/s1. The van der Waals surface area contributed by atoms with Gasteiger partial charge in [0.1, 0.15) is 17.6 Å². The maximum atomic E-state index is 11.0. The minimum absolute atomic E-state index is 0.0385. The van der Waals surface area contributed by atoms with Gasteiger partial charge in [-0.25, -0.2) is 0 Å². The molecule has 7 nitrogen and oxygen atoms in total. The molecule has 33 heavy (non-hydrogen) atoms. The van der Waals surface area contributed by atoms with Crippen molar-refractivity contribution in [3.63, 3.8) is 0 Å². The van der Waals surface area contributed by atoms with Crippen molar-refractivity contribution in [2.45, 2.75) is 19.0 Å². The second kappa shape index (κ2) is 8.48. The average molecular weight is 457 g/mol. The molecule has 1 N–H and O–H groups in total. The molecule has 1 aliphatic rings. The fraction of sp³-hybridized carbons (Fsp3) is 0.120. The van der Waals surface area contributed by atoms with Gasteiger partial charge in [-0.05, 0) is 67.7 Å². The number of anilines is 1. The van der Waals surface area contributed by atoms with E-state index >= 15 is 0 Å². The Morgan fingerprint density at radius 2 is 1.79 bits per heavy atom. The molecule has 2 atom stereocenters. The Balaban J connectivity index is 1.56. The molecule has 0 aliphatic carbocycles. The summed E-state index contributed by atoms with van der Waals surface area (Å²) in [5, 5.41) is 15.0. The Hall–Kier alpha value is -4.04. The molecule has 3 heterocycles. The van der Waals surface area contributed by atoms with E-state index in [4.69, 9.17) is 16.6 Å². The van der Waals surface area contributed by atoms with Gasteiger partial charge in [-0.1, -0.05) is 23.8 Å². The molecule has 0 radical (unpaired) electrons. The van der Waals surface area contributed by atoms with Gasteiger partial charge in [-0.15, -0.1) is 0 Å². The van der Waals surface area contributed by atoms with Crippen LogP contribution in [0.25, 0.3) is 11.3 Å². The second-order valence-electron chi connectivity index (χ2n) is 7.84. The summed E-state index contributed by atoms with van der Waals surface area (Å²) in [4.78, 5) is 17.2. The number of hydrogen-bond donors (Lipinski definition) is 1. The van der Waals surface area contributed by atoms with Crippen LogP contribution in [0.1, 0.15) is 29.1 Å². The lowest BCUT2D eigenvalue weighted by atomic mass is 10.0. The zero-order chi connectivity index (χ0) is 22.9. The van der Waals surface area contributed by atoms with E-state index in [1.807, 2.05) is 66.4 Å². The molecule has 0 amide bonds. The van der Waals surface area contributed by atoms with Gasteiger partial charge >= 0.3 is 0 Å². The fourth-order valence-electron chi connectivity index (χ4n) is 4.04. The molecule has 1 fully saturated rings. The summed E-state index contributed by atoms with van der Waals surface area (Å²) < 4.78 is 6.29. The predicted molar refractivity (Wildman–Crippen MR) is 130 cm³/mol. The summed E-state index contributed by atoms with van der Waals surface area (Å²) >= 11 is 5.73. The summed E-state index contributed by atoms with van der Waals surface area (Å²) in [7, 11) is 0. The fourth-order valence-corrected chi connectivity index (χ4v) is 4.39. The lowest BCUT2D eigenvalue weighted by Crippen LogP contribution is -2.29. The molecule has 5 rings (SSSR count). The maximum absolute atomic E-state index is 11.0. The summed E-state index contributed by atoms with van der Waals surface area (Å²) in [6.45, 7) is 2.04. The number of aromatic nitrogens is 1. The molecule has 1 aliphatic heterocycles. The van der Waals surface area contributed by atoms with Crippen LogP contribution in [-0.4, -0.2) is 15.0 Å². The van der Waals surface area contributed by atoms with Gasteiger partial charge in [0, 0.05) is 29.6 Å². The van der Waals surface area contributed by atoms with Crippen molar-refractivity contribution >= 4 is 28.7 Å². The number of furan rings is 1. The third kappa shape index (κ3) is 3.96. The number of non-ortho nitro benzene ring substituents is 1. The van der Waals surface area contributed by atoms with Crippen LogP contribution in [0, 0.1) is 17.0 Å². The highest BCUT2D eigenvalue weighted by atomic mass is 32.1. The van der Waals surface area contributed by atoms with Crippen molar-refractivity contribution in [2.75, 3.05) is 4.90 Å². The Morgan fingerprint density at radius 1 is 1.03 bits per heavy atom. The van der Waals surface area contributed by atoms with E-state index in [1.165, 1.54) is 12.1 Å². The number of hydrogen-bond acceptors (Lipinski definition) is 5. The highest BCUT2D eigenvalue weighted by Gasteiger charge is 2.42. The number of nitrogens with one attached hydrogen (secondary N) is 1. The summed E-state index contributed by atoms with van der Waals surface area (Å²) in [5.74, 6) is 1.34.